The highest BCUT2D eigenvalue weighted by Crippen LogP contribution is 2.28. The Kier molecular flexibility index (Phi) is 8.20. The topological polar surface area (TPSA) is 45.7 Å². The summed E-state index contributed by atoms with van der Waals surface area (Å²) < 4.78 is 5.43. The van der Waals surface area contributed by atoms with Crippen molar-refractivity contribution in [1.29, 1.82) is 0 Å². The molecule has 0 aliphatic carbocycles. The fourth-order valence-corrected chi connectivity index (χ4v) is 4.32. The van der Waals surface area contributed by atoms with Gasteiger partial charge in [-0.25, -0.2) is 0 Å². The number of aromatic nitrogens is 1. The third-order valence-electron chi connectivity index (χ3n) is 5.96. The number of pyridine rings is 1. The van der Waals surface area contributed by atoms with Gasteiger partial charge in [-0.05, 0) is 42.9 Å². The van der Waals surface area contributed by atoms with E-state index < -0.39 is 0 Å². The van der Waals surface area contributed by atoms with Crippen molar-refractivity contribution in [1.82, 2.24) is 14.8 Å². The number of carbonyl (C=O) groups excluding carboxylic acids is 1. The van der Waals surface area contributed by atoms with Crippen LogP contribution in [0.5, 0.6) is 0 Å². The molecular formula is C24H33N3O2. The molecule has 1 aliphatic heterocycles. The van der Waals surface area contributed by atoms with Crippen molar-refractivity contribution < 1.29 is 9.53 Å². The number of ether oxygens (including phenoxy) is 1. The molecule has 0 saturated carbocycles. The fourth-order valence-electron chi connectivity index (χ4n) is 4.32. The van der Waals surface area contributed by atoms with Crippen LogP contribution in [0.15, 0.2) is 54.7 Å². The SMILES string of the molecule is COCCN(Cc1ccccn1)C(Cc1ccccc1)C1CCN(C(C)=O)CC1. The van der Waals surface area contributed by atoms with Crippen molar-refractivity contribution in [2.24, 2.45) is 5.92 Å². The van der Waals surface area contributed by atoms with Crippen LogP contribution in [0.1, 0.15) is 31.0 Å². The van der Waals surface area contributed by atoms with Crippen molar-refractivity contribution in [2.75, 3.05) is 33.4 Å². The van der Waals surface area contributed by atoms with Crippen LogP contribution in [0.3, 0.4) is 0 Å². The molecule has 5 heteroatoms. The minimum absolute atomic E-state index is 0.188. The molecule has 2 heterocycles. The zero-order valence-corrected chi connectivity index (χ0v) is 17.7. The standard InChI is InChI=1S/C24H33N3O2/c1-20(28)26-14-11-22(12-15-26)24(18-21-8-4-3-5-9-21)27(16-17-29-2)19-23-10-6-7-13-25-23/h3-10,13,22,24H,11-12,14-19H2,1-2H3. The van der Waals surface area contributed by atoms with E-state index in [0.717, 1.165) is 51.1 Å². The lowest BCUT2D eigenvalue weighted by molar-refractivity contribution is -0.130. The highest BCUT2D eigenvalue weighted by Gasteiger charge is 2.31. The number of amides is 1. The van der Waals surface area contributed by atoms with Gasteiger partial charge in [-0.3, -0.25) is 14.7 Å². The van der Waals surface area contributed by atoms with Gasteiger partial charge in [0.25, 0.3) is 0 Å². The summed E-state index contributed by atoms with van der Waals surface area (Å²) in [5, 5.41) is 0. The van der Waals surface area contributed by atoms with Crippen molar-refractivity contribution in [3.63, 3.8) is 0 Å². The molecule has 1 saturated heterocycles. The van der Waals surface area contributed by atoms with Crippen molar-refractivity contribution in [2.45, 2.75) is 38.8 Å². The van der Waals surface area contributed by atoms with E-state index in [0.29, 0.717) is 18.6 Å². The largest absolute Gasteiger partial charge is 0.383 e. The van der Waals surface area contributed by atoms with Crippen LogP contribution in [0.25, 0.3) is 0 Å². The first-order chi connectivity index (χ1) is 14.2. The summed E-state index contributed by atoms with van der Waals surface area (Å²) in [5.41, 5.74) is 2.44. The predicted molar refractivity (Wildman–Crippen MR) is 115 cm³/mol. The number of rotatable bonds is 9. The molecule has 3 rings (SSSR count). The average Bonchev–Trinajstić information content (AvgIpc) is 2.76. The molecular weight excluding hydrogens is 362 g/mol. The van der Waals surface area contributed by atoms with Crippen LogP contribution in [0, 0.1) is 5.92 Å². The van der Waals surface area contributed by atoms with E-state index in [9.17, 15) is 4.79 Å². The summed E-state index contributed by atoms with van der Waals surface area (Å²) in [4.78, 5) is 20.8. The molecule has 1 atom stereocenters. The Labute approximate surface area is 174 Å². The molecule has 1 aromatic carbocycles. The van der Waals surface area contributed by atoms with Gasteiger partial charge >= 0.3 is 0 Å². The maximum Gasteiger partial charge on any atom is 0.219 e. The van der Waals surface area contributed by atoms with Gasteiger partial charge in [-0.15, -0.1) is 0 Å². The molecule has 0 bridgehead atoms. The number of likely N-dealkylation sites (tertiary alicyclic amines) is 1. The van der Waals surface area contributed by atoms with E-state index in [1.165, 1.54) is 5.56 Å². The highest BCUT2D eigenvalue weighted by atomic mass is 16.5. The van der Waals surface area contributed by atoms with Crippen LogP contribution >= 0.6 is 0 Å². The lowest BCUT2D eigenvalue weighted by Gasteiger charge is -2.41. The first-order valence-electron chi connectivity index (χ1n) is 10.6. The van der Waals surface area contributed by atoms with Crippen LogP contribution in [0.4, 0.5) is 0 Å². The number of nitrogens with zero attached hydrogens (tertiary/aromatic N) is 3. The Morgan fingerprint density at radius 2 is 1.90 bits per heavy atom. The second-order valence-corrected chi connectivity index (χ2v) is 7.88. The van der Waals surface area contributed by atoms with Crippen LogP contribution < -0.4 is 0 Å². The van der Waals surface area contributed by atoms with Crippen molar-refractivity contribution in [3.05, 3.63) is 66.0 Å². The molecule has 0 radical (unpaired) electrons. The van der Waals surface area contributed by atoms with E-state index in [-0.39, 0.29) is 5.91 Å². The third-order valence-corrected chi connectivity index (χ3v) is 5.96. The average molecular weight is 396 g/mol. The Hall–Kier alpha value is -2.24. The molecule has 1 aliphatic rings. The zero-order valence-electron chi connectivity index (χ0n) is 17.7. The quantitative estimate of drug-likeness (QED) is 0.653. The van der Waals surface area contributed by atoms with Gasteiger partial charge in [0.1, 0.15) is 0 Å². The van der Waals surface area contributed by atoms with E-state index >= 15 is 0 Å². The van der Waals surface area contributed by atoms with E-state index in [1.807, 2.05) is 23.2 Å². The first kappa shape index (κ1) is 21.5. The number of hydrogen-bond donors (Lipinski definition) is 0. The van der Waals surface area contributed by atoms with Gasteiger partial charge in [0.15, 0.2) is 0 Å². The summed E-state index contributed by atoms with van der Waals surface area (Å²) in [6, 6.07) is 17.2. The van der Waals surface area contributed by atoms with Gasteiger partial charge in [0, 0.05) is 52.5 Å². The van der Waals surface area contributed by atoms with E-state index in [2.05, 4.69) is 46.3 Å². The summed E-state index contributed by atoms with van der Waals surface area (Å²) in [6.07, 6.45) is 4.95. The number of carbonyl (C=O) groups is 1. The maximum atomic E-state index is 11.8. The van der Waals surface area contributed by atoms with Gasteiger partial charge in [-0.2, -0.15) is 0 Å². The molecule has 5 nitrogen and oxygen atoms in total. The number of piperidine rings is 1. The van der Waals surface area contributed by atoms with Crippen LogP contribution in [0.2, 0.25) is 0 Å². The third kappa shape index (κ3) is 6.38. The van der Waals surface area contributed by atoms with Crippen molar-refractivity contribution >= 4 is 5.91 Å². The van der Waals surface area contributed by atoms with E-state index in [4.69, 9.17) is 4.74 Å². The summed E-state index contributed by atoms with van der Waals surface area (Å²) in [5.74, 6) is 0.735. The molecule has 156 valence electrons. The van der Waals surface area contributed by atoms with Gasteiger partial charge in [-0.1, -0.05) is 36.4 Å². The Bertz CT molecular complexity index is 730. The molecule has 1 amide bonds. The zero-order chi connectivity index (χ0) is 20.5. The van der Waals surface area contributed by atoms with Gasteiger partial charge < -0.3 is 9.64 Å². The minimum atomic E-state index is 0.188. The lowest BCUT2D eigenvalue weighted by atomic mass is 9.84. The molecule has 0 spiro atoms. The maximum absolute atomic E-state index is 11.8. The highest BCUT2D eigenvalue weighted by molar-refractivity contribution is 5.73. The number of methoxy groups -OCH3 is 1. The molecule has 0 N–H and O–H groups in total. The van der Waals surface area contributed by atoms with Crippen LogP contribution in [-0.4, -0.2) is 60.1 Å². The fraction of sp³-hybridized carbons (Fsp3) is 0.500. The normalized spacial score (nSPS) is 16.2. The Morgan fingerprint density at radius 3 is 2.52 bits per heavy atom. The number of hydrogen-bond acceptors (Lipinski definition) is 4. The lowest BCUT2D eigenvalue weighted by Crippen LogP contribution is -2.48. The molecule has 1 aromatic heterocycles. The molecule has 1 unspecified atom stereocenters. The Balaban J connectivity index is 1.80. The summed E-state index contributed by atoms with van der Waals surface area (Å²) in [6.45, 7) is 5.77. The van der Waals surface area contributed by atoms with Crippen molar-refractivity contribution in [3.8, 4) is 0 Å². The monoisotopic (exact) mass is 395 g/mol. The van der Waals surface area contributed by atoms with Gasteiger partial charge in [0.05, 0.1) is 12.3 Å². The second kappa shape index (κ2) is 11.1. The van der Waals surface area contributed by atoms with Crippen LogP contribution in [-0.2, 0) is 22.5 Å². The molecule has 29 heavy (non-hydrogen) atoms. The first-order valence-corrected chi connectivity index (χ1v) is 10.6. The molecule has 1 fully saturated rings. The summed E-state index contributed by atoms with van der Waals surface area (Å²) in [7, 11) is 1.76. The second-order valence-electron chi connectivity index (χ2n) is 7.88. The smallest absolute Gasteiger partial charge is 0.219 e. The van der Waals surface area contributed by atoms with E-state index in [1.54, 1.807) is 14.0 Å². The van der Waals surface area contributed by atoms with Gasteiger partial charge in [0.2, 0.25) is 5.91 Å². The minimum Gasteiger partial charge on any atom is -0.383 e. The molecule has 2 aromatic rings. The predicted octanol–water partition coefficient (Wildman–Crippen LogP) is 3.40. The Morgan fingerprint density at radius 1 is 1.17 bits per heavy atom. The summed E-state index contributed by atoms with van der Waals surface area (Å²) >= 11 is 0. The number of benzene rings is 1.